The molecule has 0 bridgehead atoms. The molecular weight excluding hydrogens is 190 g/mol. The molecule has 0 saturated heterocycles. The zero-order valence-corrected chi connectivity index (χ0v) is 9.23. The fourth-order valence-electron chi connectivity index (χ4n) is 2.17. The van der Waals surface area contributed by atoms with E-state index in [1.54, 1.807) is 0 Å². The summed E-state index contributed by atoms with van der Waals surface area (Å²) in [5.74, 6) is 0.932. The quantitative estimate of drug-likeness (QED) is 0.647. The molecule has 0 spiro atoms. The van der Waals surface area contributed by atoms with E-state index in [0.717, 1.165) is 5.71 Å². The van der Waals surface area contributed by atoms with Gasteiger partial charge in [0, 0.05) is 17.0 Å². The number of carbonyl (C=O) groups excluding carboxylic acids is 1. The van der Waals surface area contributed by atoms with Crippen LogP contribution in [0.5, 0.6) is 0 Å². The third-order valence-corrected chi connectivity index (χ3v) is 3.46. The van der Waals surface area contributed by atoms with Gasteiger partial charge in [0.1, 0.15) is 5.76 Å². The van der Waals surface area contributed by atoms with E-state index in [1.807, 2.05) is 18.2 Å². The highest BCUT2D eigenvalue weighted by molar-refractivity contribution is 5.90. The minimum Gasteiger partial charge on any atom is -0.429 e. The van der Waals surface area contributed by atoms with Gasteiger partial charge in [-0.05, 0) is 19.1 Å². The standard InChI is InChI=1S/C12H15NO2/c1-8-12(2,3)10-6-9(15-7-14)4-5-11(10)13-8/h4-7,10-11H,1-3H3. The molecule has 2 unspecified atom stereocenters. The van der Waals surface area contributed by atoms with Crippen molar-refractivity contribution in [1.29, 1.82) is 0 Å². The molecular formula is C12H15NO2. The average Bonchev–Trinajstić information content (AvgIpc) is 2.40. The van der Waals surface area contributed by atoms with Gasteiger partial charge >= 0.3 is 0 Å². The van der Waals surface area contributed by atoms with Crippen molar-refractivity contribution in [3.8, 4) is 0 Å². The highest BCUT2D eigenvalue weighted by Crippen LogP contribution is 2.42. The first-order chi connectivity index (χ1) is 7.05. The number of nitrogens with zero attached hydrogens (tertiary/aromatic N) is 1. The lowest BCUT2D eigenvalue weighted by Crippen LogP contribution is -2.30. The molecule has 3 nitrogen and oxygen atoms in total. The first-order valence-corrected chi connectivity index (χ1v) is 5.11. The first-order valence-electron chi connectivity index (χ1n) is 5.11. The molecule has 1 heterocycles. The minimum atomic E-state index is 0.0485. The Balaban J connectivity index is 2.29. The molecule has 0 saturated carbocycles. The summed E-state index contributed by atoms with van der Waals surface area (Å²) in [5, 5.41) is 0. The van der Waals surface area contributed by atoms with Gasteiger partial charge in [-0.3, -0.25) is 9.79 Å². The highest BCUT2D eigenvalue weighted by atomic mass is 16.5. The number of fused-ring (bicyclic) bond motifs is 1. The molecule has 80 valence electrons. The van der Waals surface area contributed by atoms with Crippen molar-refractivity contribution in [1.82, 2.24) is 0 Å². The number of rotatable bonds is 2. The van der Waals surface area contributed by atoms with Crippen LogP contribution in [0.4, 0.5) is 0 Å². The third kappa shape index (κ3) is 1.52. The van der Waals surface area contributed by atoms with Gasteiger partial charge in [0.2, 0.25) is 0 Å². The highest BCUT2D eigenvalue weighted by Gasteiger charge is 2.42. The predicted octanol–water partition coefficient (Wildman–Crippen LogP) is 2.10. The fourth-order valence-corrected chi connectivity index (χ4v) is 2.17. The molecule has 1 aliphatic heterocycles. The lowest BCUT2D eigenvalue weighted by atomic mass is 9.73. The second-order valence-electron chi connectivity index (χ2n) is 4.59. The molecule has 15 heavy (non-hydrogen) atoms. The third-order valence-electron chi connectivity index (χ3n) is 3.46. The van der Waals surface area contributed by atoms with Gasteiger partial charge in [0.05, 0.1) is 6.04 Å². The maximum absolute atomic E-state index is 10.3. The number of allylic oxidation sites excluding steroid dienone is 1. The summed E-state index contributed by atoms with van der Waals surface area (Å²) in [4.78, 5) is 14.9. The van der Waals surface area contributed by atoms with E-state index in [9.17, 15) is 4.79 Å². The van der Waals surface area contributed by atoms with Crippen molar-refractivity contribution in [2.24, 2.45) is 16.3 Å². The molecule has 0 radical (unpaired) electrons. The van der Waals surface area contributed by atoms with Gasteiger partial charge in [0.15, 0.2) is 0 Å². The number of hydrogen-bond acceptors (Lipinski definition) is 3. The summed E-state index contributed by atoms with van der Waals surface area (Å²) in [7, 11) is 0. The van der Waals surface area contributed by atoms with Crippen molar-refractivity contribution in [3.63, 3.8) is 0 Å². The maximum Gasteiger partial charge on any atom is 0.298 e. The zero-order chi connectivity index (χ0) is 11.1. The van der Waals surface area contributed by atoms with Crippen molar-refractivity contribution < 1.29 is 9.53 Å². The Morgan fingerprint density at radius 3 is 2.93 bits per heavy atom. The molecule has 0 fully saturated rings. The molecule has 3 heteroatoms. The summed E-state index contributed by atoms with van der Waals surface area (Å²) in [6, 6.07) is 0.207. The van der Waals surface area contributed by atoms with Crippen LogP contribution in [0.2, 0.25) is 0 Å². The first kappa shape index (κ1) is 10.1. The Labute approximate surface area is 89.5 Å². The molecule has 0 aromatic rings. The van der Waals surface area contributed by atoms with E-state index in [4.69, 9.17) is 4.74 Å². The summed E-state index contributed by atoms with van der Waals surface area (Å²) in [5.41, 5.74) is 1.21. The van der Waals surface area contributed by atoms with Crippen LogP contribution in [0.3, 0.4) is 0 Å². The van der Waals surface area contributed by atoms with Crippen LogP contribution in [0.1, 0.15) is 20.8 Å². The van der Waals surface area contributed by atoms with E-state index in [1.165, 1.54) is 0 Å². The molecule has 1 aliphatic carbocycles. The van der Waals surface area contributed by atoms with Crippen LogP contribution < -0.4 is 0 Å². The van der Waals surface area contributed by atoms with Gasteiger partial charge in [-0.2, -0.15) is 0 Å². The molecule has 0 aromatic heterocycles. The average molecular weight is 205 g/mol. The van der Waals surface area contributed by atoms with Crippen LogP contribution in [0.25, 0.3) is 0 Å². The van der Waals surface area contributed by atoms with Crippen LogP contribution >= 0.6 is 0 Å². The number of ether oxygens (including phenoxy) is 1. The Bertz CT molecular complexity index is 377. The van der Waals surface area contributed by atoms with E-state index in [0.29, 0.717) is 18.1 Å². The molecule has 0 aromatic carbocycles. The van der Waals surface area contributed by atoms with E-state index < -0.39 is 0 Å². The maximum atomic E-state index is 10.3. The minimum absolute atomic E-state index is 0.0485. The van der Waals surface area contributed by atoms with E-state index in [2.05, 4.69) is 25.8 Å². The Morgan fingerprint density at radius 2 is 2.27 bits per heavy atom. The van der Waals surface area contributed by atoms with Crippen LogP contribution in [-0.4, -0.2) is 18.2 Å². The largest absolute Gasteiger partial charge is 0.429 e. The lowest BCUT2D eigenvalue weighted by molar-refractivity contribution is -0.124. The van der Waals surface area contributed by atoms with Crippen molar-refractivity contribution in [2.75, 3.05) is 0 Å². The molecule has 2 atom stereocenters. The molecule has 0 N–H and O–H groups in total. The van der Waals surface area contributed by atoms with Crippen LogP contribution in [0.15, 0.2) is 29.0 Å². The van der Waals surface area contributed by atoms with Gasteiger partial charge < -0.3 is 4.74 Å². The van der Waals surface area contributed by atoms with Crippen molar-refractivity contribution in [2.45, 2.75) is 26.8 Å². The van der Waals surface area contributed by atoms with E-state index in [-0.39, 0.29) is 11.5 Å². The summed E-state index contributed by atoms with van der Waals surface area (Å²) < 4.78 is 4.86. The molecule has 2 aliphatic rings. The summed E-state index contributed by atoms with van der Waals surface area (Å²) >= 11 is 0. The predicted molar refractivity (Wildman–Crippen MR) is 58.5 cm³/mol. The second kappa shape index (κ2) is 3.33. The Morgan fingerprint density at radius 1 is 1.53 bits per heavy atom. The topological polar surface area (TPSA) is 38.7 Å². The Hall–Kier alpha value is -1.38. The number of carbonyl (C=O) groups is 1. The smallest absolute Gasteiger partial charge is 0.298 e. The lowest BCUT2D eigenvalue weighted by Gasteiger charge is -2.29. The number of aliphatic imine (C=N–C) groups is 1. The Kier molecular flexibility index (Phi) is 2.25. The normalized spacial score (nSPS) is 31.7. The summed E-state index contributed by atoms with van der Waals surface area (Å²) in [6.07, 6.45) is 5.81. The summed E-state index contributed by atoms with van der Waals surface area (Å²) in [6.45, 7) is 6.86. The van der Waals surface area contributed by atoms with Crippen LogP contribution in [-0.2, 0) is 9.53 Å². The van der Waals surface area contributed by atoms with Crippen molar-refractivity contribution >= 4 is 12.2 Å². The van der Waals surface area contributed by atoms with Gasteiger partial charge in [-0.15, -0.1) is 0 Å². The second-order valence-corrected chi connectivity index (χ2v) is 4.59. The molecule has 2 rings (SSSR count). The zero-order valence-electron chi connectivity index (χ0n) is 9.23. The van der Waals surface area contributed by atoms with E-state index >= 15 is 0 Å². The van der Waals surface area contributed by atoms with Gasteiger partial charge in [0.25, 0.3) is 6.47 Å². The van der Waals surface area contributed by atoms with Crippen molar-refractivity contribution in [3.05, 3.63) is 24.0 Å². The number of hydrogen-bond donors (Lipinski definition) is 0. The molecule has 0 amide bonds. The monoisotopic (exact) mass is 205 g/mol. The van der Waals surface area contributed by atoms with Gasteiger partial charge in [-0.1, -0.05) is 19.9 Å². The fraction of sp³-hybridized carbons (Fsp3) is 0.500. The van der Waals surface area contributed by atoms with Gasteiger partial charge in [-0.25, -0.2) is 0 Å². The van der Waals surface area contributed by atoms with Crippen LogP contribution in [0, 0.1) is 11.3 Å². The SMILES string of the molecule is CC1=NC2C=CC(OC=O)=CC2C1(C)C.